The largest absolute Gasteiger partial charge is 0.352 e. The summed E-state index contributed by atoms with van der Waals surface area (Å²) in [5, 5.41) is 2.63. The summed E-state index contributed by atoms with van der Waals surface area (Å²) in [7, 11) is 0. The van der Waals surface area contributed by atoms with E-state index in [0.717, 1.165) is 5.56 Å². The molecule has 1 unspecified atom stereocenters. The van der Waals surface area contributed by atoms with Gasteiger partial charge >= 0.3 is 0 Å². The molecule has 1 aromatic carbocycles. The summed E-state index contributed by atoms with van der Waals surface area (Å²) in [6, 6.07) is 9.68. The molecule has 1 aromatic rings. The number of thioether (sulfide) groups is 1. The Morgan fingerprint density at radius 1 is 1.03 bits per heavy atom. The number of benzene rings is 1. The van der Waals surface area contributed by atoms with Crippen LogP contribution < -0.4 is 5.32 Å². The van der Waals surface area contributed by atoms with Crippen molar-refractivity contribution in [2.24, 2.45) is 0 Å². The third-order valence-corrected chi connectivity index (χ3v) is 6.93. The van der Waals surface area contributed by atoms with Crippen molar-refractivity contribution in [3.63, 3.8) is 0 Å². The van der Waals surface area contributed by atoms with Crippen molar-refractivity contribution in [1.82, 2.24) is 5.32 Å². The van der Waals surface area contributed by atoms with Gasteiger partial charge in [-0.3, -0.25) is 4.79 Å². The van der Waals surface area contributed by atoms with Gasteiger partial charge in [-0.15, -0.1) is 11.8 Å². The van der Waals surface area contributed by atoms with E-state index in [0.29, 0.717) is 4.20 Å². The van der Waals surface area contributed by atoms with Gasteiger partial charge in [0.2, 0.25) is 5.91 Å². The van der Waals surface area contributed by atoms with Gasteiger partial charge in [0.25, 0.3) is 0 Å². The van der Waals surface area contributed by atoms with Crippen LogP contribution in [0.25, 0.3) is 0 Å². The van der Waals surface area contributed by atoms with E-state index in [9.17, 15) is 4.79 Å². The number of hydrogen-bond donors (Lipinski definition) is 1. The van der Waals surface area contributed by atoms with Crippen LogP contribution in [0.2, 0.25) is 0 Å². The van der Waals surface area contributed by atoms with Crippen LogP contribution in [-0.4, -0.2) is 64.2 Å². The number of carbonyl (C=O) groups excluding carboxylic acids is 1. The van der Waals surface area contributed by atoms with E-state index in [4.69, 9.17) is 35.9 Å². The topological polar surface area (TPSA) is 75.3 Å². The average Bonchev–Trinajstić information content (AvgIpc) is 3.20. The minimum absolute atomic E-state index is 0.118. The highest BCUT2D eigenvalue weighted by atomic mass is 32.2. The SMILES string of the molecule is CC(SC(=S)c1ccccc1)C(=O)NC[C@H]1O[C@@H]2OC(C)(C)O[C@@H]2[C@H]2OC(C)(C)O[C@H]21. The number of rotatable bonds is 5. The molecule has 0 bridgehead atoms. The Morgan fingerprint density at radius 3 is 2.35 bits per heavy atom. The first-order valence-corrected chi connectivity index (χ1v) is 11.7. The highest BCUT2D eigenvalue weighted by Crippen LogP contribution is 2.43. The Kier molecular flexibility index (Phi) is 6.48. The number of thiocarbonyl (C=S) groups is 1. The van der Waals surface area contributed by atoms with Crippen LogP contribution in [0, 0.1) is 0 Å². The van der Waals surface area contributed by atoms with Crippen molar-refractivity contribution in [3.05, 3.63) is 35.9 Å². The lowest BCUT2D eigenvalue weighted by molar-refractivity contribution is -0.232. The molecule has 3 aliphatic heterocycles. The number of fused-ring (bicyclic) bond motifs is 3. The summed E-state index contributed by atoms with van der Waals surface area (Å²) in [5.41, 5.74) is 0.936. The molecule has 0 aromatic heterocycles. The first-order valence-electron chi connectivity index (χ1n) is 10.5. The normalized spacial score (nSPS) is 33.9. The molecule has 0 aliphatic carbocycles. The van der Waals surface area contributed by atoms with Gasteiger partial charge in [0, 0.05) is 6.54 Å². The third kappa shape index (κ3) is 5.13. The molecule has 0 saturated carbocycles. The van der Waals surface area contributed by atoms with E-state index in [1.807, 2.05) is 65.0 Å². The summed E-state index contributed by atoms with van der Waals surface area (Å²) in [4.78, 5) is 12.7. The molecular formula is C22H29NO6S2. The minimum atomic E-state index is -0.771. The molecule has 7 nitrogen and oxygen atoms in total. The van der Waals surface area contributed by atoms with Gasteiger partial charge in [-0.2, -0.15) is 0 Å². The molecule has 4 rings (SSSR count). The van der Waals surface area contributed by atoms with Crippen LogP contribution in [0.5, 0.6) is 0 Å². The second-order valence-corrected chi connectivity index (χ2v) is 10.9. The Bertz CT molecular complexity index is 833. The predicted octanol–water partition coefficient (Wildman–Crippen LogP) is 3.00. The molecule has 6 atom stereocenters. The van der Waals surface area contributed by atoms with E-state index in [1.165, 1.54) is 11.8 Å². The molecule has 3 heterocycles. The Morgan fingerprint density at radius 2 is 1.65 bits per heavy atom. The third-order valence-electron chi connectivity index (χ3n) is 5.39. The molecule has 3 saturated heterocycles. The maximum absolute atomic E-state index is 12.7. The lowest BCUT2D eigenvalue weighted by atomic mass is 9.99. The zero-order chi connectivity index (χ0) is 22.4. The molecule has 0 radical (unpaired) electrons. The van der Waals surface area contributed by atoms with Gasteiger partial charge < -0.3 is 29.0 Å². The quantitative estimate of drug-likeness (QED) is 0.663. The highest BCUT2D eigenvalue weighted by Gasteiger charge is 2.60. The maximum atomic E-state index is 12.7. The second kappa shape index (κ2) is 8.70. The zero-order valence-corrected chi connectivity index (χ0v) is 20.0. The number of carbonyl (C=O) groups is 1. The molecule has 170 valence electrons. The molecule has 1 amide bonds. The van der Waals surface area contributed by atoms with Crippen molar-refractivity contribution < 1.29 is 28.5 Å². The van der Waals surface area contributed by atoms with Crippen molar-refractivity contribution in [3.8, 4) is 0 Å². The van der Waals surface area contributed by atoms with Gasteiger partial charge in [-0.05, 0) is 40.2 Å². The van der Waals surface area contributed by atoms with Gasteiger partial charge in [-0.1, -0.05) is 42.5 Å². The average molecular weight is 468 g/mol. The lowest BCUT2D eigenvalue weighted by Gasteiger charge is -2.37. The smallest absolute Gasteiger partial charge is 0.233 e. The monoisotopic (exact) mass is 467 g/mol. The van der Waals surface area contributed by atoms with Crippen LogP contribution in [0.15, 0.2) is 30.3 Å². The fraction of sp³-hybridized carbons (Fsp3) is 0.636. The number of ether oxygens (including phenoxy) is 5. The van der Waals surface area contributed by atoms with E-state index < -0.39 is 24.0 Å². The molecule has 0 spiro atoms. The van der Waals surface area contributed by atoms with E-state index in [-0.39, 0.29) is 36.0 Å². The minimum Gasteiger partial charge on any atom is -0.352 e. The van der Waals surface area contributed by atoms with Gasteiger partial charge in [-0.25, -0.2) is 0 Å². The van der Waals surface area contributed by atoms with Gasteiger partial charge in [0.1, 0.15) is 24.4 Å². The molecule has 31 heavy (non-hydrogen) atoms. The van der Waals surface area contributed by atoms with E-state index in [2.05, 4.69) is 5.32 Å². The first kappa shape index (κ1) is 23.1. The number of nitrogens with one attached hydrogen (secondary N) is 1. The fourth-order valence-electron chi connectivity index (χ4n) is 4.06. The van der Waals surface area contributed by atoms with Crippen molar-refractivity contribution in [2.45, 2.75) is 82.1 Å². The van der Waals surface area contributed by atoms with Crippen molar-refractivity contribution in [2.75, 3.05) is 6.54 Å². The zero-order valence-electron chi connectivity index (χ0n) is 18.3. The molecular weight excluding hydrogens is 438 g/mol. The Hall–Kier alpha value is -1.07. The van der Waals surface area contributed by atoms with Crippen molar-refractivity contribution in [1.29, 1.82) is 0 Å². The van der Waals surface area contributed by atoms with Gasteiger partial charge in [0.15, 0.2) is 17.9 Å². The van der Waals surface area contributed by atoms with Crippen LogP contribution in [0.1, 0.15) is 40.2 Å². The van der Waals surface area contributed by atoms with Crippen LogP contribution >= 0.6 is 24.0 Å². The van der Waals surface area contributed by atoms with E-state index in [1.54, 1.807) is 0 Å². The highest BCUT2D eigenvalue weighted by molar-refractivity contribution is 8.24. The number of hydrogen-bond acceptors (Lipinski definition) is 8. The standard InChI is InChI=1S/C22H29NO6S2/c1-12(31-20(30)13-9-7-6-8-10-13)18(24)23-11-14-15-16(27-21(2,3)26-15)17-19(25-14)29-22(4,5)28-17/h6-10,12,14-17,19H,11H2,1-5H3,(H,23,24)/t12?,14-,15+,16+,17-,19-/m1/s1. The molecule has 9 heteroatoms. The van der Waals surface area contributed by atoms with Gasteiger partial charge in [0.05, 0.1) is 9.45 Å². The summed E-state index contributed by atoms with van der Waals surface area (Å²) in [5.74, 6) is -1.66. The van der Waals surface area contributed by atoms with Crippen molar-refractivity contribution >= 4 is 34.1 Å². The Balaban J connectivity index is 1.37. The summed E-state index contributed by atoms with van der Waals surface area (Å²) in [6.45, 7) is 9.52. The van der Waals surface area contributed by atoms with E-state index >= 15 is 0 Å². The summed E-state index contributed by atoms with van der Waals surface area (Å²) in [6.07, 6.45) is -2.09. The van der Waals surface area contributed by atoms with Crippen LogP contribution in [0.3, 0.4) is 0 Å². The van der Waals surface area contributed by atoms with Crippen LogP contribution in [-0.2, 0) is 28.5 Å². The van der Waals surface area contributed by atoms with Crippen LogP contribution in [0.4, 0.5) is 0 Å². The molecule has 1 N–H and O–H groups in total. The number of amides is 1. The first-order chi connectivity index (χ1) is 14.5. The lowest BCUT2D eigenvalue weighted by Crippen LogP contribution is -2.58. The summed E-state index contributed by atoms with van der Waals surface area (Å²) >= 11 is 6.84. The summed E-state index contributed by atoms with van der Waals surface area (Å²) < 4.78 is 30.9. The Labute approximate surface area is 192 Å². The molecule has 3 fully saturated rings. The predicted molar refractivity (Wildman–Crippen MR) is 121 cm³/mol. The fourth-order valence-corrected chi connectivity index (χ4v) is 5.41. The molecule has 3 aliphatic rings. The second-order valence-electron chi connectivity index (χ2n) is 8.87. The maximum Gasteiger partial charge on any atom is 0.233 e.